The molecule has 1 atom stereocenters. The van der Waals surface area contributed by atoms with Crippen LogP contribution in [0.15, 0.2) is 48.5 Å². The fourth-order valence-corrected chi connectivity index (χ4v) is 2.92. The average Bonchev–Trinajstić information content (AvgIpc) is 2.57. The molecule has 0 radical (unpaired) electrons. The van der Waals surface area contributed by atoms with Gasteiger partial charge in [0.15, 0.2) is 0 Å². The predicted octanol–water partition coefficient (Wildman–Crippen LogP) is 3.19. The second kappa shape index (κ2) is 7.02. The summed E-state index contributed by atoms with van der Waals surface area (Å²) < 4.78 is 5.74. The van der Waals surface area contributed by atoms with E-state index in [1.165, 1.54) is 0 Å². The molecule has 23 heavy (non-hydrogen) atoms. The lowest BCUT2D eigenvalue weighted by atomic mass is 10.1. The fourth-order valence-electron chi connectivity index (χ4n) is 2.72. The summed E-state index contributed by atoms with van der Waals surface area (Å²) in [5.41, 5.74) is 1.71. The quantitative estimate of drug-likeness (QED) is 0.939. The molecule has 1 heterocycles. The van der Waals surface area contributed by atoms with Crippen LogP contribution in [0.1, 0.15) is 17.2 Å². The van der Waals surface area contributed by atoms with Gasteiger partial charge in [-0.25, -0.2) is 0 Å². The molecule has 0 saturated carbocycles. The Labute approximate surface area is 140 Å². The van der Waals surface area contributed by atoms with Gasteiger partial charge in [-0.1, -0.05) is 41.9 Å². The first-order valence-corrected chi connectivity index (χ1v) is 7.93. The van der Waals surface area contributed by atoms with E-state index >= 15 is 0 Å². The zero-order valence-corrected chi connectivity index (χ0v) is 13.4. The molecule has 3 rings (SSSR count). The molecule has 0 spiro atoms. The second-order valence-corrected chi connectivity index (χ2v) is 5.97. The van der Waals surface area contributed by atoms with Crippen LogP contribution < -0.4 is 0 Å². The Kier molecular flexibility index (Phi) is 4.84. The number of morpholine rings is 1. The van der Waals surface area contributed by atoms with E-state index in [9.17, 15) is 9.90 Å². The van der Waals surface area contributed by atoms with Gasteiger partial charge in [0.1, 0.15) is 11.9 Å². The molecule has 1 N–H and O–H groups in total. The van der Waals surface area contributed by atoms with Crippen LogP contribution >= 0.6 is 11.6 Å². The van der Waals surface area contributed by atoms with Crippen LogP contribution in [0.4, 0.5) is 0 Å². The smallest absolute Gasteiger partial charge is 0.227 e. The van der Waals surface area contributed by atoms with Gasteiger partial charge in [0, 0.05) is 11.6 Å². The Hall–Kier alpha value is -2.04. The van der Waals surface area contributed by atoms with Crippen LogP contribution in [0.3, 0.4) is 0 Å². The number of nitrogens with zero attached hydrogens (tertiary/aromatic N) is 1. The van der Waals surface area contributed by atoms with E-state index in [1.807, 2.05) is 24.3 Å². The minimum atomic E-state index is -0.217. The van der Waals surface area contributed by atoms with Gasteiger partial charge in [-0.2, -0.15) is 0 Å². The first-order chi connectivity index (χ1) is 11.1. The molecule has 1 aliphatic rings. The lowest BCUT2D eigenvalue weighted by Gasteiger charge is -2.33. The molecule has 120 valence electrons. The summed E-state index contributed by atoms with van der Waals surface area (Å²) in [7, 11) is 0. The zero-order chi connectivity index (χ0) is 16.2. The third-order valence-corrected chi connectivity index (χ3v) is 4.33. The number of halogens is 1. The molecule has 5 heteroatoms. The summed E-state index contributed by atoms with van der Waals surface area (Å²) in [5.74, 6) is 0.233. The van der Waals surface area contributed by atoms with E-state index in [0.717, 1.165) is 11.1 Å². The highest BCUT2D eigenvalue weighted by atomic mass is 35.5. The van der Waals surface area contributed by atoms with Crippen LogP contribution in [0.2, 0.25) is 5.02 Å². The number of phenols is 1. The Morgan fingerprint density at radius 2 is 2.09 bits per heavy atom. The van der Waals surface area contributed by atoms with Gasteiger partial charge in [0.25, 0.3) is 0 Å². The Bertz CT molecular complexity index is 704. The van der Waals surface area contributed by atoms with Crippen molar-refractivity contribution in [1.29, 1.82) is 0 Å². The maximum absolute atomic E-state index is 12.5. The number of phenolic OH excluding ortho intramolecular Hbond substituents is 1. The van der Waals surface area contributed by atoms with Crippen LogP contribution in [-0.2, 0) is 16.0 Å². The number of rotatable bonds is 3. The molecule has 0 aromatic heterocycles. The Morgan fingerprint density at radius 3 is 2.87 bits per heavy atom. The highest BCUT2D eigenvalue weighted by Crippen LogP contribution is 2.25. The normalized spacial score (nSPS) is 18.0. The molecule has 0 bridgehead atoms. The third kappa shape index (κ3) is 3.84. The topological polar surface area (TPSA) is 49.8 Å². The van der Waals surface area contributed by atoms with E-state index in [4.69, 9.17) is 16.3 Å². The highest BCUT2D eigenvalue weighted by Gasteiger charge is 2.25. The van der Waals surface area contributed by atoms with Gasteiger partial charge in [-0.3, -0.25) is 4.79 Å². The van der Waals surface area contributed by atoms with Crippen molar-refractivity contribution >= 4 is 17.5 Å². The number of amides is 1. The third-order valence-electron chi connectivity index (χ3n) is 3.96. The van der Waals surface area contributed by atoms with Crippen LogP contribution in [-0.4, -0.2) is 35.6 Å². The maximum Gasteiger partial charge on any atom is 0.227 e. The van der Waals surface area contributed by atoms with Crippen molar-refractivity contribution in [3.8, 4) is 5.75 Å². The number of hydrogen-bond donors (Lipinski definition) is 1. The van der Waals surface area contributed by atoms with Gasteiger partial charge in [-0.05, 0) is 29.3 Å². The Balaban J connectivity index is 1.68. The average molecular weight is 332 g/mol. The molecular formula is C18H18ClNO3. The van der Waals surface area contributed by atoms with Crippen LogP contribution in [0.5, 0.6) is 5.75 Å². The van der Waals surface area contributed by atoms with Gasteiger partial charge in [0.05, 0.1) is 19.6 Å². The largest absolute Gasteiger partial charge is 0.508 e. The van der Waals surface area contributed by atoms with Crippen molar-refractivity contribution < 1.29 is 14.6 Å². The number of benzene rings is 2. The molecule has 1 aliphatic heterocycles. The summed E-state index contributed by atoms with van der Waals surface area (Å²) >= 11 is 6.13. The molecule has 2 aromatic carbocycles. The molecule has 2 aromatic rings. The summed E-state index contributed by atoms with van der Waals surface area (Å²) in [6, 6.07) is 14.4. The number of carbonyl (C=O) groups is 1. The van der Waals surface area contributed by atoms with Crippen molar-refractivity contribution in [3.63, 3.8) is 0 Å². The number of aromatic hydroxyl groups is 1. The molecular weight excluding hydrogens is 314 g/mol. The van der Waals surface area contributed by atoms with E-state index in [1.54, 1.807) is 29.2 Å². The maximum atomic E-state index is 12.5. The van der Waals surface area contributed by atoms with Crippen LogP contribution in [0.25, 0.3) is 0 Å². The lowest BCUT2D eigenvalue weighted by Crippen LogP contribution is -2.43. The van der Waals surface area contributed by atoms with E-state index in [0.29, 0.717) is 24.7 Å². The van der Waals surface area contributed by atoms with E-state index in [-0.39, 0.29) is 24.2 Å². The SMILES string of the molecule is O=C(Cc1ccccc1Cl)N1CCOC(c2cccc(O)c2)C1. The summed E-state index contributed by atoms with van der Waals surface area (Å²) in [4.78, 5) is 14.3. The molecule has 1 fully saturated rings. The van der Waals surface area contributed by atoms with Gasteiger partial charge < -0.3 is 14.7 Å². The summed E-state index contributed by atoms with van der Waals surface area (Å²) in [6.07, 6.45) is 0.0675. The zero-order valence-electron chi connectivity index (χ0n) is 12.6. The highest BCUT2D eigenvalue weighted by molar-refractivity contribution is 6.31. The number of ether oxygens (including phenoxy) is 1. The van der Waals surface area contributed by atoms with E-state index in [2.05, 4.69) is 0 Å². The van der Waals surface area contributed by atoms with Crippen molar-refractivity contribution in [2.24, 2.45) is 0 Å². The second-order valence-electron chi connectivity index (χ2n) is 5.56. The van der Waals surface area contributed by atoms with Crippen molar-refractivity contribution in [1.82, 2.24) is 4.90 Å². The number of hydrogen-bond acceptors (Lipinski definition) is 3. The van der Waals surface area contributed by atoms with Gasteiger partial charge in [-0.15, -0.1) is 0 Å². The van der Waals surface area contributed by atoms with Crippen molar-refractivity contribution in [2.45, 2.75) is 12.5 Å². The van der Waals surface area contributed by atoms with Gasteiger partial charge >= 0.3 is 0 Å². The standard InChI is InChI=1S/C18H18ClNO3/c19-16-7-2-1-4-13(16)11-18(22)20-8-9-23-17(12-20)14-5-3-6-15(21)10-14/h1-7,10,17,21H,8-9,11-12H2. The number of carbonyl (C=O) groups excluding carboxylic acids is 1. The summed E-state index contributed by atoms with van der Waals surface area (Å²) in [6.45, 7) is 1.53. The molecule has 1 unspecified atom stereocenters. The monoisotopic (exact) mass is 331 g/mol. The molecule has 1 saturated heterocycles. The van der Waals surface area contributed by atoms with Crippen LogP contribution in [0, 0.1) is 0 Å². The first-order valence-electron chi connectivity index (χ1n) is 7.55. The fraction of sp³-hybridized carbons (Fsp3) is 0.278. The molecule has 4 nitrogen and oxygen atoms in total. The minimum absolute atomic E-state index is 0.0338. The first kappa shape index (κ1) is 15.8. The van der Waals surface area contributed by atoms with Crippen molar-refractivity contribution in [3.05, 3.63) is 64.7 Å². The minimum Gasteiger partial charge on any atom is -0.508 e. The Morgan fingerprint density at radius 1 is 1.26 bits per heavy atom. The van der Waals surface area contributed by atoms with Crippen molar-refractivity contribution in [2.75, 3.05) is 19.7 Å². The molecule has 1 amide bonds. The lowest BCUT2D eigenvalue weighted by molar-refractivity contribution is -0.138. The summed E-state index contributed by atoms with van der Waals surface area (Å²) in [5, 5.41) is 10.2. The predicted molar refractivity (Wildman–Crippen MR) is 88.5 cm³/mol. The molecule has 0 aliphatic carbocycles. The van der Waals surface area contributed by atoms with Gasteiger partial charge in [0.2, 0.25) is 5.91 Å². The van der Waals surface area contributed by atoms with E-state index < -0.39 is 0 Å².